The van der Waals surface area contributed by atoms with E-state index in [1.54, 1.807) is 12.4 Å². The largest absolute Gasteiger partial charge is 0.487 e. The Morgan fingerprint density at radius 1 is 1.32 bits per heavy atom. The predicted octanol–water partition coefficient (Wildman–Crippen LogP) is 1.42. The lowest BCUT2D eigenvalue weighted by atomic mass is 10.0. The van der Waals surface area contributed by atoms with Gasteiger partial charge >= 0.3 is 0 Å². The number of benzene rings is 1. The maximum Gasteiger partial charge on any atom is 0.237 e. The number of nitrogens with zero attached hydrogens (tertiary/aromatic N) is 3. The molecule has 1 aromatic heterocycles. The number of rotatable bonds is 5. The van der Waals surface area contributed by atoms with Gasteiger partial charge in [-0.15, -0.1) is 0 Å². The lowest BCUT2D eigenvalue weighted by Crippen LogP contribution is -2.50. The van der Waals surface area contributed by atoms with Crippen LogP contribution in [0.4, 0.5) is 4.39 Å². The number of ether oxygens (including phenoxy) is 2. The molecule has 28 heavy (non-hydrogen) atoms. The number of nitrogens with one attached hydrogen (secondary N) is 1. The normalized spacial score (nSPS) is 20.3. The molecule has 2 unspecified atom stereocenters. The molecule has 0 aliphatic carbocycles. The Labute approximate surface area is 162 Å². The van der Waals surface area contributed by atoms with Gasteiger partial charge in [-0.25, -0.2) is 14.4 Å². The highest BCUT2D eigenvalue weighted by Crippen LogP contribution is 2.39. The van der Waals surface area contributed by atoms with Crippen LogP contribution < -0.4 is 10.1 Å². The molecule has 2 aromatic rings. The Morgan fingerprint density at radius 3 is 2.82 bits per heavy atom. The zero-order valence-electron chi connectivity index (χ0n) is 15.7. The fourth-order valence-corrected chi connectivity index (χ4v) is 3.65. The number of amides is 1. The molecule has 3 heterocycles. The fourth-order valence-electron chi connectivity index (χ4n) is 3.65. The van der Waals surface area contributed by atoms with Crippen LogP contribution >= 0.6 is 0 Å². The minimum atomic E-state index is -0.327. The first-order valence-electron chi connectivity index (χ1n) is 9.46. The first kappa shape index (κ1) is 18.8. The van der Waals surface area contributed by atoms with E-state index in [0.29, 0.717) is 43.1 Å². The molecule has 2 atom stereocenters. The summed E-state index contributed by atoms with van der Waals surface area (Å²) in [5.74, 6) is 0.271. The van der Waals surface area contributed by atoms with Crippen molar-refractivity contribution in [1.82, 2.24) is 20.2 Å². The van der Waals surface area contributed by atoms with Gasteiger partial charge in [-0.05, 0) is 19.1 Å². The van der Waals surface area contributed by atoms with E-state index >= 15 is 0 Å². The van der Waals surface area contributed by atoms with Crippen LogP contribution in [0.1, 0.15) is 12.5 Å². The molecule has 8 heteroatoms. The third-order valence-corrected chi connectivity index (χ3v) is 5.21. The topological polar surface area (TPSA) is 76.6 Å². The van der Waals surface area contributed by atoms with Crippen molar-refractivity contribution >= 4 is 5.91 Å². The number of carbonyl (C=O) groups is 1. The van der Waals surface area contributed by atoms with Crippen molar-refractivity contribution in [2.45, 2.75) is 25.5 Å². The summed E-state index contributed by atoms with van der Waals surface area (Å²) in [6.45, 7) is 5.07. The van der Waals surface area contributed by atoms with Gasteiger partial charge in [-0.3, -0.25) is 9.69 Å². The van der Waals surface area contributed by atoms with Crippen LogP contribution in [-0.4, -0.2) is 65.8 Å². The van der Waals surface area contributed by atoms with Crippen LogP contribution in [0.15, 0.2) is 30.9 Å². The van der Waals surface area contributed by atoms with Gasteiger partial charge in [-0.1, -0.05) is 0 Å². The Bertz CT molecular complexity index is 843. The summed E-state index contributed by atoms with van der Waals surface area (Å²) in [4.78, 5) is 22.6. The van der Waals surface area contributed by atoms with Crippen LogP contribution in [0.3, 0.4) is 0 Å². The van der Waals surface area contributed by atoms with Crippen molar-refractivity contribution in [1.29, 1.82) is 0 Å². The second kappa shape index (κ2) is 8.20. The average molecular weight is 386 g/mol. The zero-order chi connectivity index (χ0) is 19.5. The van der Waals surface area contributed by atoms with E-state index in [2.05, 4.69) is 20.2 Å². The Balaban J connectivity index is 1.40. The summed E-state index contributed by atoms with van der Waals surface area (Å²) >= 11 is 0. The molecule has 1 fully saturated rings. The number of morpholine rings is 1. The van der Waals surface area contributed by atoms with E-state index in [4.69, 9.17) is 9.47 Å². The Kier molecular flexibility index (Phi) is 5.50. The lowest BCUT2D eigenvalue weighted by molar-refractivity contribution is -0.127. The van der Waals surface area contributed by atoms with Crippen LogP contribution in [0, 0.1) is 5.82 Å². The number of carbonyl (C=O) groups excluding carboxylic acids is 1. The van der Waals surface area contributed by atoms with Crippen molar-refractivity contribution in [3.63, 3.8) is 0 Å². The first-order valence-corrected chi connectivity index (χ1v) is 9.46. The van der Waals surface area contributed by atoms with E-state index in [0.717, 1.165) is 18.7 Å². The minimum absolute atomic E-state index is 0.0377. The molecule has 0 saturated carbocycles. The molecule has 2 aliphatic heterocycles. The quantitative estimate of drug-likeness (QED) is 0.838. The van der Waals surface area contributed by atoms with Gasteiger partial charge < -0.3 is 14.8 Å². The molecule has 1 N–H and O–H groups in total. The smallest absolute Gasteiger partial charge is 0.237 e. The second-order valence-corrected chi connectivity index (χ2v) is 7.08. The highest BCUT2D eigenvalue weighted by atomic mass is 19.1. The summed E-state index contributed by atoms with van der Waals surface area (Å²) in [6.07, 6.45) is 4.99. The maximum absolute atomic E-state index is 14.1. The van der Waals surface area contributed by atoms with Gasteiger partial charge in [0.1, 0.15) is 24.0 Å². The van der Waals surface area contributed by atoms with Crippen molar-refractivity contribution in [3.05, 3.63) is 42.2 Å². The molecule has 4 rings (SSSR count). The molecule has 2 aliphatic rings. The molecule has 1 aromatic carbocycles. The summed E-state index contributed by atoms with van der Waals surface area (Å²) in [5, 5.41) is 2.97. The second-order valence-electron chi connectivity index (χ2n) is 7.08. The molecule has 0 spiro atoms. The standard InChI is InChI=1S/C20H23FN4O3/c1-13(25-2-4-27-5-3-25)20(26)24-11-17-7-14-6-16(21)8-18(19(14)28-17)15-9-22-12-23-10-15/h6,8-10,12-13,17H,2-5,7,11H2,1H3,(H,24,26). The molecule has 148 valence electrons. The van der Waals surface area contributed by atoms with Crippen LogP contribution in [0.5, 0.6) is 5.75 Å². The third kappa shape index (κ3) is 3.98. The van der Waals surface area contributed by atoms with E-state index in [-0.39, 0.29) is 23.9 Å². The van der Waals surface area contributed by atoms with Crippen molar-refractivity contribution in [2.24, 2.45) is 0 Å². The summed E-state index contributed by atoms with van der Waals surface area (Å²) in [6, 6.07) is 2.70. The molecule has 7 nitrogen and oxygen atoms in total. The van der Waals surface area contributed by atoms with Gasteiger partial charge in [0.05, 0.1) is 25.8 Å². The summed E-state index contributed by atoms with van der Waals surface area (Å²) in [7, 11) is 0. The minimum Gasteiger partial charge on any atom is -0.487 e. The SMILES string of the molecule is CC(C(=O)NCC1Cc2cc(F)cc(-c3cncnc3)c2O1)N1CCOCC1. The maximum atomic E-state index is 14.1. The van der Waals surface area contributed by atoms with E-state index in [1.807, 2.05) is 6.92 Å². The lowest BCUT2D eigenvalue weighted by Gasteiger charge is -2.31. The highest BCUT2D eigenvalue weighted by molar-refractivity contribution is 5.81. The number of fused-ring (bicyclic) bond motifs is 1. The number of aromatic nitrogens is 2. The number of hydrogen-bond donors (Lipinski definition) is 1. The Hall–Kier alpha value is -2.58. The van der Waals surface area contributed by atoms with Crippen LogP contribution in [0.25, 0.3) is 11.1 Å². The predicted molar refractivity (Wildman–Crippen MR) is 100 cm³/mol. The van der Waals surface area contributed by atoms with Gasteiger partial charge in [0.15, 0.2) is 0 Å². The van der Waals surface area contributed by atoms with E-state index in [9.17, 15) is 9.18 Å². The third-order valence-electron chi connectivity index (χ3n) is 5.21. The van der Waals surface area contributed by atoms with Gasteiger partial charge in [0.25, 0.3) is 0 Å². The Morgan fingerprint density at radius 2 is 2.07 bits per heavy atom. The fraction of sp³-hybridized carbons (Fsp3) is 0.450. The molecule has 1 saturated heterocycles. The summed E-state index contributed by atoms with van der Waals surface area (Å²) in [5.41, 5.74) is 2.12. The van der Waals surface area contributed by atoms with Crippen LogP contribution in [0.2, 0.25) is 0 Å². The number of halogens is 1. The zero-order valence-corrected chi connectivity index (χ0v) is 15.7. The van der Waals surface area contributed by atoms with Crippen molar-refractivity contribution in [2.75, 3.05) is 32.8 Å². The van der Waals surface area contributed by atoms with Gasteiger partial charge in [0.2, 0.25) is 5.91 Å². The molecule has 0 bridgehead atoms. The van der Waals surface area contributed by atoms with Gasteiger partial charge in [-0.2, -0.15) is 0 Å². The van der Waals surface area contributed by atoms with Crippen LogP contribution in [-0.2, 0) is 16.0 Å². The number of hydrogen-bond acceptors (Lipinski definition) is 6. The molecular formula is C20H23FN4O3. The van der Waals surface area contributed by atoms with E-state index in [1.165, 1.54) is 18.5 Å². The van der Waals surface area contributed by atoms with Gasteiger partial charge in [0, 0.05) is 48.6 Å². The van der Waals surface area contributed by atoms with E-state index < -0.39 is 0 Å². The molecular weight excluding hydrogens is 363 g/mol. The monoisotopic (exact) mass is 386 g/mol. The highest BCUT2D eigenvalue weighted by Gasteiger charge is 2.29. The molecule has 0 radical (unpaired) electrons. The first-order chi connectivity index (χ1) is 13.6. The van der Waals surface area contributed by atoms with Crippen molar-refractivity contribution < 1.29 is 18.7 Å². The average Bonchev–Trinajstić information content (AvgIpc) is 3.14. The summed E-state index contributed by atoms with van der Waals surface area (Å²) < 4.78 is 25.5. The van der Waals surface area contributed by atoms with Crippen molar-refractivity contribution in [3.8, 4) is 16.9 Å². The molecule has 1 amide bonds.